The standard InChI is InChI=1S/C22H24N6O2/c23-18-6-5-13-3-1-12(9-16(13)27-18)2-4-14-10-17(20(30)19(14)29)28-8-7-15-21(24)25-11-26-22(15)28/h1,3,5-9,11,14,17,19-20,29-30H,2,4,10H2,(H2,23,27)(H2,24,25,26)/t14-,17+,19+,20-/m0/s1. The van der Waals surface area contributed by atoms with Gasteiger partial charge in [0.2, 0.25) is 0 Å². The highest BCUT2D eigenvalue weighted by Crippen LogP contribution is 2.39. The van der Waals surface area contributed by atoms with E-state index in [1.165, 1.54) is 6.33 Å². The van der Waals surface area contributed by atoms with Gasteiger partial charge in [-0.25, -0.2) is 15.0 Å². The van der Waals surface area contributed by atoms with Crippen LogP contribution in [0.1, 0.15) is 24.4 Å². The number of benzene rings is 1. The van der Waals surface area contributed by atoms with Gasteiger partial charge in [-0.15, -0.1) is 0 Å². The molecule has 8 nitrogen and oxygen atoms in total. The minimum atomic E-state index is -0.861. The summed E-state index contributed by atoms with van der Waals surface area (Å²) in [6.45, 7) is 0. The highest BCUT2D eigenvalue weighted by molar-refractivity contribution is 5.86. The Bertz CT molecular complexity index is 1220. The van der Waals surface area contributed by atoms with Crippen LogP contribution in [0.5, 0.6) is 0 Å². The number of aliphatic hydroxyl groups excluding tert-OH is 2. The molecule has 1 saturated carbocycles. The van der Waals surface area contributed by atoms with Crippen LogP contribution in [0.2, 0.25) is 0 Å². The van der Waals surface area contributed by atoms with E-state index >= 15 is 0 Å². The van der Waals surface area contributed by atoms with Crippen LogP contribution in [0.4, 0.5) is 11.6 Å². The summed E-state index contributed by atoms with van der Waals surface area (Å²) in [6, 6.07) is 11.5. The van der Waals surface area contributed by atoms with Gasteiger partial charge in [0.05, 0.1) is 23.0 Å². The Labute approximate surface area is 173 Å². The minimum Gasteiger partial charge on any atom is -0.390 e. The van der Waals surface area contributed by atoms with Crippen LogP contribution in [-0.2, 0) is 6.42 Å². The van der Waals surface area contributed by atoms with E-state index in [0.717, 1.165) is 34.7 Å². The Morgan fingerprint density at radius 3 is 2.73 bits per heavy atom. The zero-order valence-electron chi connectivity index (χ0n) is 16.4. The summed E-state index contributed by atoms with van der Waals surface area (Å²) in [4.78, 5) is 12.7. The average Bonchev–Trinajstić information content (AvgIpc) is 3.29. The molecule has 3 aromatic heterocycles. The second kappa shape index (κ2) is 7.23. The van der Waals surface area contributed by atoms with Crippen molar-refractivity contribution in [3.63, 3.8) is 0 Å². The molecule has 1 aliphatic rings. The van der Waals surface area contributed by atoms with Crippen molar-refractivity contribution in [1.82, 2.24) is 19.5 Å². The lowest BCUT2D eigenvalue weighted by Crippen LogP contribution is -2.29. The van der Waals surface area contributed by atoms with Crippen molar-refractivity contribution in [2.45, 2.75) is 37.5 Å². The summed E-state index contributed by atoms with van der Waals surface area (Å²) >= 11 is 0. The fourth-order valence-electron chi connectivity index (χ4n) is 4.61. The van der Waals surface area contributed by atoms with E-state index in [4.69, 9.17) is 11.5 Å². The summed E-state index contributed by atoms with van der Waals surface area (Å²) in [7, 11) is 0. The number of hydrogen-bond donors (Lipinski definition) is 4. The molecule has 1 aromatic carbocycles. The maximum atomic E-state index is 10.7. The fraction of sp³-hybridized carbons (Fsp3) is 0.318. The summed E-state index contributed by atoms with van der Waals surface area (Å²) in [5, 5.41) is 23.2. The predicted octanol–water partition coefficient (Wildman–Crippen LogP) is 2.06. The Morgan fingerprint density at radius 2 is 1.87 bits per heavy atom. The van der Waals surface area contributed by atoms with Gasteiger partial charge >= 0.3 is 0 Å². The van der Waals surface area contributed by atoms with Gasteiger partial charge in [-0.05, 0) is 55.0 Å². The molecule has 4 atom stereocenters. The number of fused-ring (bicyclic) bond motifs is 2. The summed E-state index contributed by atoms with van der Waals surface area (Å²) in [5.74, 6) is 0.889. The van der Waals surface area contributed by atoms with E-state index in [2.05, 4.69) is 21.0 Å². The van der Waals surface area contributed by atoms with E-state index in [0.29, 0.717) is 23.7 Å². The lowest BCUT2D eigenvalue weighted by molar-refractivity contribution is 0.00545. The van der Waals surface area contributed by atoms with Gasteiger partial charge in [0.25, 0.3) is 0 Å². The van der Waals surface area contributed by atoms with Gasteiger partial charge < -0.3 is 26.2 Å². The molecule has 0 saturated heterocycles. The van der Waals surface area contributed by atoms with Gasteiger partial charge in [0.1, 0.15) is 29.7 Å². The third kappa shape index (κ3) is 3.14. The SMILES string of the molecule is Nc1ccc2ccc(CC[C@H]3C[C@@H](n4ccc5c(N)ncnc54)[C@H](O)[C@@H]3O)cc2n1. The molecule has 0 aliphatic heterocycles. The Kier molecular flexibility index (Phi) is 4.52. The summed E-state index contributed by atoms with van der Waals surface area (Å²) in [5.41, 5.74) is 14.4. The molecule has 6 N–H and O–H groups in total. The number of hydrogen-bond acceptors (Lipinski definition) is 7. The molecule has 30 heavy (non-hydrogen) atoms. The Morgan fingerprint density at radius 1 is 1.03 bits per heavy atom. The van der Waals surface area contributed by atoms with Crippen molar-refractivity contribution in [1.29, 1.82) is 0 Å². The molecule has 4 aromatic rings. The number of anilines is 2. The molecule has 8 heteroatoms. The van der Waals surface area contributed by atoms with Crippen molar-refractivity contribution in [2.75, 3.05) is 11.5 Å². The van der Waals surface area contributed by atoms with Crippen molar-refractivity contribution in [3.05, 3.63) is 54.5 Å². The quantitative estimate of drug-likeness (QED) is 0.409. The zero-order valence-corrected chi connectivity index (χ0v) is 16.4. The van der Waals surface area contributed by atoms with Crippen LogP contribution < -0.4 is 11.5 Å². The number of aromatic nitrogens is 4. The molecule has 0 unspecified atom stereocenters. The fourth-order valence-corrected chi connectivity index (χ4v) is 4.61. The van der Waals surface area contributed by atoms with Gasteiger partial charge in [0.15, 0.2) is 0 Å². The van der Waals surface area contributed by atoms with E-state index in [9.17, 15) is 10.2 Å². The smallest absolute Gasteiger partial charge is 0.145 e. The first-order valence-corrected chi connectivity index (χ1v) is 10.1. The van der Waals surface area contributed by atoms with Crippen LogP contribution in [0, 0.1) is 5.92 Å². The first-order valence-electron chi connectivity index (χ1n) is 10.1. The van der Waals surface area contributed by atoms with Crippen LogP contribution in [0.25, 0.3) is 21.9 Å². The van der Waals surface area contributed by atoms with Crippen LogP contribution in [-0.4, -0.2) is 41.9 Å². The van der Waals surface area contributed by atoms with E-state index in [1.54, 1.807) is 6.07 Å². The highest BCUT2D eigenvalue weighted by atomic mass is 16.3. The normalized spacial score (nSPS) is 24.1. The molecule has 0 radical (unpaired) electrons. The van der Waals surface area contributed by atoms with Crippen molar-refractivity contribution in [3.8, 4) is 0 Å². The average molecular weight is 404 g/mol. The van der Waals surface area contributed by atoms with E-state index in [-0.39, 0.29) is 12.0 Å². The largest absolute Gasteiger partial charge is 0.390 e. The van der Waals surface area contributed by atoms with Gasteiger partial charge in [-0.1, -0.05) is 12.1 Å². The molecule has 154 valence electrons. The molecule has 3 heterocycles. The highest BCUT2D eigenvalue weighted by Gasteiger charge is 2.42. The van der Waals surface area contributed by atoms with Crippen molar-refractivity contribution >= 4 is 33.6 Å². The third-order valence-corrected chi connectivity index (χ3v) is 6.25. The summed E-state index contributed by atoms with van der Waals surface area (Å²) in [6.07, 6.45) is 3.84. The Hall–Kier alpha value is -3.23. The molecular weight excluding hydrogens is 380 g/mol. The van der Waals surface area contributed by atoms with E-state index in [1.807, 2.05) is 35.0 Å². The monoisotopic (exact) mass is 404 g/mol. The minimum absolute atomic E-state index is 0.0221. The molecule has 1 aliphatic carbocycles. The van der Waals surface area contributed by atoms with Crippen LogP contribution in [0.15, 0.2) is 48.9 Å². The summed E-state index contributed by atoms with van der Waals surface area (Å²) < 4.78 is 1.91. The topological polar surface area (TPSA) is 136 Å². The number of nitrogens with zero attached hydrogens (tertiary/aromatic N) is 4. The predicted molar refractivity (Wildman–Crippen MR) is 116 cm³/mol. The molecule has 1 fully saturated rings. The number of nitrogens with two attached hydrogens (primary N) is 2. The third-order valence-electron chi connectivity index (χ3n) is 6.25. The van der Waals surface area contributed by atoms with Crippen LogP contribution >= 0.6 is 0 Å². The van der Waals surface area contributed by atoms with E-state index < -0.39 is 12.2 Å². The lowest BCUT2D eigenvalue weighted by atomic mass is 9.95. The second-order valence-electron chi connectivity index (χ2n) is 8.07. The first-order chi connectivity index (χ1) is 14.5. The van der Waals surface area contributed by atoms with Crippen molar-refractivity contribution in [2.24, 2.45) is 5.92 Å². The number of rotatable bonds is 4. The number of aliphatic hydroxyl groups is 2. The van der Waals surface area contributed by atoms with Crippen LogP contribution in [0.3, 0.4) is 0 Å². The molecule has 0 bridgehead atoms. The lowest BCUT2D eigenvalue weighted by Gasteiger charge is -2.19. The second-order valence-corrected chi connectivity index (χ2v) is 8.07. The van der Waals surface area contributed by atoms with Gasteiger partial charge in [-0.3, -0.25) is 0 Å². The number of aryl methyl sites for hydroxylation is 1. The molecule has 5 rings (SSSR count). The zero-order chi connectivity index (χ0) is 20.8. The van der Waals surface area contributed by atoms with Gasteiger partial charge in [0, 0.05) is 11.6 Å². The van der Waals surface area contributed by atoms with Crippen molar-refractivity contribution < 1.29 is 10.2 Å². The maximum Gasteiger partial charge on any atom is 0.145 e. The number of pyridine rings is 1. The first kappa shape index (κ1) is 18.8. The Balaban J connectivity index is 1.34. The number of nitrogen functional groups attached to an aromatic ring is 2. The molecule has 0 amide bonds. The maximum absolute atomic E-state index is 10.7. The molecular formula is C22H24N6O2. The molecule has 0 spiro atoms. The van der Waals surface area contributed by atoms with Gasteiger partial charge in [-0.2, -0.15) is 0 Å².